The van der Waals surface area contributed by atoms with Crippen LogP contribution in [0.25, 0.3) is 0 Å². The largest absolute Gasteiger partial charge is 0.496 e. The number of aryl methyl sites for hydroxylation is 4. The van der Waals surface area contributed by atoms with Gasteiger partial charge in [-0.15, -0.1) is 0 Å². The SMILES string of the molecule is COc1c(C=O)cc(C)cc1COCc1cccc(COCc2cc(C)cc(COCc3cccc(COCc4cc(C)cc(COCc5cccc(COCc6cc(C)cc(C=O)c6OC)c5)c4OC)c3)c2OC)c1. The summed E-state index contributed by atoms with van der Waals surface area (Å²) in [6.45, 7) is 12.6. The average molecular weight is 1030 g/mol. The molecule has 0 spiro atoms. The lowest BCUT2D eigenvalue weighted by molar-refractivity contribution is 0.0969. The number of methoxy groups -OCH3 is 4. The summed E-state index contributed by atoms with van der Waals surface area (Å²) in [5.41, 5.74) is 16.8. The van der Waals surface area contributed by atoms with Crippen molar-refractivity contribution in [2.75, 3.05) is 28.4 Å². The highest BCUT2D eigenvalue weighted by atomic mass is 16.5. The number of carbonyl (C=O) groups excluding carboxylic acids is 2. The molecule has 0 aliphatic carbocycles. The predicted molar refractivity (Wildman–Crippen MR) is 292 cm³/mol. The van der Waals surface area contributed by atoms with E-state index in [1.54, 1.807) is 28.4 Å². The van der Waals surface area contributed by atoms with E-state index >= 15 is 0 Å². The Morgan fingerprint density at radius 2 is 0.500 bits per heavy atom. The highest BCUT2D eigenvalue weighted by Crippen LogP contribution is 2.31. The summed E-state index contributed by atoms with van der Waals surface area (Å²) < 4.78 is 60.0. The fourth-order valence-electron chi connectivity index (χ4n) is 9.56. The van der Waals surface area contributed by atoms with Gasteiger partial charge in [0.25, 0.3) is 0 Å². The van der Waals surface area contributed by atoms with Gasteiger partial charge in [-0.3, -0.25) is 9.59 Å². The summed E-state index contributed by atoms with van der Waals surface area (Å²) in [6.07, 6.45) is 1.62. The van der Waals surface area contributed by atoms with Gasteiger partial charge >= 0.3 is 0 Å². The van der Waals surface area contributed by atoms with Crippen molar-refractivity contribution in [1.82, 2.24) is 0 Å². The van der Waals surface area contributed by atoms with E-state index in [0.717, 1.165) is 113 Å². The zero-order chi connectivity index (χ0) is 53.8. The van der Waals surface area contributed by atoms with Crippen molar-refractivity contribution in [2.45, 2.75) is 107 Å². The highest BCUT2D eigenvalue weighted by molar-refractivity contribution is 5.81. The third-order valence-electron chi connectivity index (χ3n) is 12.7. The second-order valence-corrected chi connectivity index (χ2v) is 19.0. The number of aldehydes is 2. The first kappa shape index (κ1) is 56.6. The van der Waals surface area contributed by atoms with Crippen LogP contribution in [-0.4, -0.2) is 41.0 Å². The number of hydrogen-bond acceptors (Lipinski definition) is 12. The topological polar surface area (TPSA) is 126 Å². The Morgan fingerprint density at radius 1 is 0.289 bits per heavy atom. The van der Waals surface area contributed by atoms with Gasteiger partial charge < -0.3 is 47.4 Å². The zero-order valence-corrected chi connectivity index (χ0v) is 45.1. The molecular formula is C64H70O12. The molecule has 12 heteroatoms. The van der Waals surface area contributed by atoms with E-state index in [1.165, 1.54) is 0 Å². The molecule has 0 aliphatic rings. The van der Waals surface area contributed by atoms with Gasteiger partial charge in [-0.25, -0.2) is 0 Å². The van der Waals surface area contributed by atoms with Gasteiger partial charge in [0.2, 0.25) is 0 Å². The number of ether oxygens (including phenoxy) is 10. The van der Waals surface area contributed by atoms with Crippen molar-refractivity contribution >= 4 is 12.6 Å². The van der Waals surface area contributed by atoms with Crippen molar-refractivity contribution < 1.29 is 57.0 Å². The van der Waals surface area contributed by atoms with Crippen LogP contribution in [0.3, 0.4) is 0 Å². The van der Waals surface area contributed by atoms with Crippen LogP contribution in [0, 0.1) is 27.7 Å². The minimum Gasteiger partial charge on any atom is -0.496 e. The fraction of sp³-hybridized carbons (Fsp3) is 0.312. The zero-order valence-electron chi connectivity index (χ0n) is 45.1. The maximum atomic E-state index is 11.6. The van der Waals surface area contributed by atoms with E-state index in [-0.39, 0.29) is 0 Å². The molecule has 398 valence electrons. The Kier molecular flexibility index (Phi) is 21.3. The molecule has 0 saturated heterocycles. The van der Waals surface area contributed by atoms with E-state index in [9.17, 15) is 9.59 Å². The van der Waals surface area contributed by atoms with E-state index < -0.39 is 0 Å². The minimum absolute atomic E-state index is 0.317. The highest BCUT2D eigenvalue weighted by Gasteiger charge is 2.16. The molecule has 76 heavy (non-hydrogen) atoms. The molecule has 7 aromatic carbocycles. The van der Waals surface area contributed by atoms with Gasteiger partial charge in [-0.2, -0.15) is 0 Å². The number of carbonyl (C=O) groups is 2. The van der Waals surface area contributed by atoms with Crippen LogP contribution in [0.4, 0.5) is 0 Å². The first-order valence-electron chi connectivity index (χ1n) is 25.3. The van der Waals surface area contributed by atoms with Crippen molar-refractivity contribution in [2.24, 2.45) is 0 Å². The smallest absolute Gasteiger partial charge is 0.153 e. The first-order chi connectivity index (χ1) is 37.0. The summed E-state index contributed by atoms with van der Waals surface area (Å²) >= 11 is 0. The molecule has 0 amide bonds. The van der Waals surface area contributed by atoms with Crippen molar-refractivity contribution in [3.63, 3.8) is 0 Å². The van der Waals surface area contributed by atoms with Crippen LogP contribution in [0.2, 0.25) is 0 Å². The fourth-order valence-corrected chi connectivity index (χ4v) is 9.56. The molecule has 7 rings (SSSR count). The van der Waals surface area contributed by atoms with E-state index in [0.29, 0.717) is 102 Å². The molecule has 0 radical (unpaired) electrons. The average Bonchev–Trinajstić information content (AvgIpc) is 3.41. The van der Waals surface area contributed by atoms with Gasteiger partial charge in [0.15, 0.2) is 12.6 Å². The molecule has 0 bridgehead atoms. The molecule has 0 aliphatic heterocycles. The summed E-state index contributed by atoms with van der Waals surface area (Å²) in [6, 6.07) is 40.5. The maximum Gasteiger partial charge on any atom is 0.153 e. The van der Waals surface area contributed by atoms with Crippen LogP contribution in [-0.2, 0) is 108 Å². The van der Waals surface area contributed by atoms with E-state index in [4.69, 9.17) is 47.4 Å². The summed E-state index contributed by atoms with van der Waals surface area (Å²) in [4.78, 5) is 23.1. The predicted octanol–water partition coefficient (Wildman–Crippen LogP) is 12.9. The van der Waals surface area contributed by atoms with Gasteiger partial charge in [-0.05, 0) is 84.3 Å². The van der Waals surface area contributed by atoms with Crippen molar-refractivity contribution in [3.8, 4) is 23.0 Å². The standard InChI is InChI=1S/C64H70O12/c1-43-18-53(29-65)61(67-5)55(20-43)37-71-31-47-12-9-14-49(26-47)33-73-39-57-22-45(3)24-59(63(57)69-7)41-75-35-51-16-11-17-52(28-51)36-76-42-60-25-46(4)23-58(64(60)70-8)40-74-34-50-15-10-13-48(27-50)32-72-38-56-21-44(2)19-54(30-66)62(56)68-6/h9-30H,31-42H2,1-8H3. The van der Waals surface area contributed by atoms with E-state index in [2.05, 4.69) is 68.4 Å². The Labute approximate surface area is 447 Å². The van der Waals surface area contributed by atoms with Crippen LogP contribution >= 0.6 is 0 Å². The molecule has 0 fully saturated rings. The van der Waals surface area contributed by atoms with Crippen molar-refractivity contribution in [1.29, 1.82) is 0 Å². The molecule has 0 unspecified atom stereocenters. The van der Waals surface area contributed by atoms with Crippen LogP contribution < -0.4 is 18.9 Å². The van der Waals surface area contributed by atoms with Crippen LogP contribution in [0.5, 0.6) is 23.0 Å². The molecular weight excluding hydrogens is 961 g/mol. The first-order valence-corrected chi connectivity index (χ1v) is 25.3. The van der Waals surface area contributed by atoms with Gasteiger partial charge in [0.1, 0.15) is 23.0 Å². The Bertz CT molecular complexity index is 2850. The number of hydrogen-bond donors (Lipinski definition) is 0. The monoisotopic (exact) mass is 1030 g/mol. The van der Waals surface area contributed by atoms with Crippen LogP contribution in [0.15, 0.2) is 121 Å². The van der Waals surface area contributed by atoms with Gasteiger partial charge in [0.05, 0.1) is 119 Å². The summed E-state index contributed by atoms with van der Waals surface area (Å²) in [7, 11) is 6.48. The Balaban J connectivity index is 0.859. The normalized spacial score (nSPS) is 11.2. The third kappa shape index (κ3) is 15.9. The molecule has 7 aromatic rings. The van der Waals surface area contributed by atoms with Crippen LogP contribution in [0.1, 0.15) is 110 Å². The van der Waals surface area contributed by atoms with E-state index in [1.807, 2.05) is 80.6 Å². The molecule has 0 saturated carbocycles. The lowest BCUT2D eigenvalue weighted by Gasteiger charge is -2.16. The molecule has 0 atom stereocenters. The maximum absolute atomic E-state index is 11.6. The van der Waals surface area contributed by atoms with Crippen molar-refractivity contribution in [3.05, 3.63) is 221 Å². The third-order valence-corrected chi connectivity index (χ3v) is 12.7. The quantitative estimate of drug-likeness (QED) is 0.0398. The summed E-state index contributed by atoms with van der Waals surface area (Å²) in [5, 5.41) is 0. The van der Waals surface area contributed by atoms with Gasteiger partial charge in [-0.1, -0.05) is 120 Å². The second kappa shape index (κ2) is 28.7. The van der Waals surface area contributed by atoms with Gasteiger partial charge in [0, 0.05) is 33.4 Å². The number of benzene rings is 7. The molecule has 12 nitrogen and oxygen atoms in total. The Morgan fingerprint density at radius 3 is 0.711 bits per heavy atom. The second-order valence-electron chi connectivity index (χ2n) is 19.0. The minimum atomic E-state index is 0.317. The molecule has 0 N–H and O–H groups in total. The number of rotatable bonds is 30. The molecule has 0 aromatic heterocycles. The lowest BCUT2D eigenvalue weighted by atomic mass is 10.1. The molecule has 0 heterocycles. The lowest BCUT2D eigenvalue weighted by Crippen LogP contribution is -2.04. The summed E-state index contributed by atoms with van der Waals surface area (Å²) in [5.74, 6) is 2.59. The Hall–Kier alpha value is -7.16.